The lowest BCUT2D eigenvalue weighted by Gasteiger charge is -2.22. The molecule has 1 atom stereocenters. The van der Waals surface area contributed by atoms with E-state index in [-0.39, 0.29) is 18.6 Å². The molecule has 18 heavy (non-hydrogen) atoms. The van der Waals surface area contributed by atoms with Gasteiger partial charge in [0.15, 0.2) is 0 Å². The van der Waals surface area contributed by atoms with Gasteiger partial charge in [-0.05, 0) is 24.5 Å². The highest BCUT2D eigenvalue weighted by Crippen LogP contribution is 2.29. The lowest BCUT2D eigenvalue weighted by molar-refractivity contribution is -0.137. The molecule has 3 nitrogen and oxygen atoms in total. The van der Waals surface area contributed by atoms with Crippen molar-refractivity contribution in [3.63, 3.8) is 0 Å². The van der Waals surface area contributed by atoms with Gasteiger partial charge in [0.25, 0.3) is 0 Å². The SMILES string of the molecule is CC(C)C(CCO)Nc1ccc(C(F)(F)F)cn1. The predicted octanol–water partition coefficient (Wildman–Crippen LogP) is 2.92. The molecule has 0 fully saturated rings. The maximum Gasteiger partial charge on any atom is 0.417 e. The normalized spacial score (nSPS) is 13.7. The summed E-state index contributed by atoms with van der Waals surface area (Å²) in [6.45, 7) is 3.96. The summed E-state index contributed by atoms with van der Waals surface area (Å²) >= 11 is 0. The first-order valence-corrected chi connectivity index (χ1v) is 5.75. The zero-order valence-electron chi connectivity index (χ0n) is 10.3. The first-order chi connectivity index (χ1) is 8.34. The van der Waals surface area contributed by atoms with Gasteiger partial charge in [-0.3, -0.25) is 0 Å². The van der Waals surface area contributed by atoms with E-state index in [1.165, 1.54) is 6.07 Å². The molecule has 0 aromatic carbocycles. The van der Waals surface area contributed by atoms with Crippen molar-refractivity contribution in [2.24, 2.45) is 5.92 Å². The molecule has 0 amide bonds. The van der Waals surface area contributed by atoms with E-state index >= 15 is 0 Å². The van der Waals surface area contributed by atoms with Crippen LogP contribution in [0.3, 0.4) is 0 Å². The summed E-state index contributed by atoms with van der Waals surface area (Å²) in [4.78, 5) is 3.74. The van der Waals surface area contributed by atoms with Crippen LogP contribution in [-0.2, 0) is 6.18 Å². The van der Waals surface area contributed by atoms with Crippen LogP contribution in [0.4, 0.5) is 19.0 Å². The molecular weight excluding hydrogens is 245 g/mol. The van der Waals surface area contributed by atoms with Crippen LogP contribution in [0.5, 0.6) is 0 Å². The Bertz CT molecular complexity index is 363. The van der Waals surface area contributed by atoms with E-state index in [1.54, 1.807) is 0 Å². The fourth-order valence-corrected chi connectivity index (χ4v) is 1.55. The number of alkyl halides is 3. The monoisotopic (exact) mass is 262 g/mol. The molecule has 0 aliphatic heterocycles. The Morgan fingerprint density at radius 3 is 2.39 bits per heavy atom. The average Bonchev–Trinajstić information content (AvgIpc) is 2.28. The van der Waals surface area contributed by atoms with Crippen molar-refractivity contribution in [2.75, 3.05) is 11.9 Å². The molecule has 1 unspecified atom stereocenters. The highest BCUT2D eigenvalue weighted by Gasteiger charge is 2.30. The van der Waals surface area contributed by atoms with E-state index in [0.717, 1.165) is 12.3 Å². The number of halogens is 3. The van der Waals surface area contributed by atoms with Gasteiger partial charge in [0, 0.05) is 18.8 Å². The van der Waals surface area contributed by atoms with Crippen LogP contribution in [-0.4, -0.2) is 22.7 Å². The zero-order valence-corrected chi connectivity index (χ0v) is 10.3. The lowest BCUT2D eigenvalue weighted by Crippen LogP contribution is -2.27. The Morgan fingerprint density at radius 2 is 2.00 bits per heavy atom. The number of hydrogen-bond acceptors (Lipinski definition) is 3. The second-order valence-electron chi connectivity index (χ2n) is 4.44. The molecule has 0 saturated carbocycles. The third-order valence-corrected chi connectivity index (χ3v) is 2.67. The van der Waals surface area contributed by atoms with Gasteiger partial charge in [0.1, 0.15) is 5.82 Å². The summed E-state index contributed by atoms with van der Waals surface area (Å²) in [7, 11) is 0. The van der Waals surface area contributed by atoms with Gasteiger partial charge < -0.3 is 10.4 Å². The molecule has 0 bridgehead atoms. The predicted molar refractivity (Wildman–Crippen MR) is 63.2 cm³/mol. The van der Waals surface area contributed by atoms with Gasteiger partial charge in [0.2, 0.25) is 0 Å². The topological polar surface area (TPSA) is 45.1 Å². The van der Waals surface area contributed by atoms with Crippen LogP contribution in [0, 0.1) is 5.92 Å². The minimum atomic E-state index is -4.37. The fraction of sp³-hybridized carbons (Fsp3) is 0.583. The maximum absolute atomic E-state index is 12.3. The highest BCUT2D eigenvalue weighted by molar-refractivity contribution is 5.37. The first kappa shape index (κ1) is 14.8. The number of aromatic nitrogens is 1. The second kappa shape index (κ2) is 6.04. The third kappa shape index (κ3) is 4.18. The summed E-state index contributed by atoms with van der Waals surface area (Å²) in [6, 6.07) is 2.28. The molecule has 2 N–H and O–H groups in total. The van der Waals surface area contributed by atoms with Crippen molar-refractivity contribution in [1.29, 1.82) is 0 Å². The minimum absolute atomic E-state index is 0.0146. The van der Waals surface area contributed by atoms with Crippen LogP contribution in [0.15, 0.2) is 18.3 Å². The number of aliphatic hydroxyl groups excluding tert-OH is 1. The molecule has 1 rings (SSSR count). The maximum atomic E-state index is 12.3. The van der Waals surface area contributed by atoms with Crippen LogP contribution >= 0.6 is 0 Å². The summed E-state index contributed by atoms with van der Waals surface area (Å²) in [5.74, 6) is 0.636. The van der Waals surface area contributed by atoms with Crippen molar-refractivity contribution < 1.29 is 18.3 Å². The standard InChI is InChI=1S/C12H17F3N2O/c1-8(2)10(5-6-18)17-11-4-3-9(7-16-11)12(13,14)15/h3-4,7-8,10,18H,5-6H2,1-2H3,(H,16,17). The molecule has 0 aliphatic rings. The zero-order chi connectivity index (χ0) is 13.8. The van der Waals surface area contributed by atoms with Crippen molar-refractivity contribution in [1.82, 2.24) is 4.98 Å². The van der Waals surface area contributed by atoms with Gasteiger partial charge in [-0.25, -0.2) is 4.98 Å². The number of aliphatic hydroxyl groups is 1. The number of hydrogen-bond donors (Lipinski definition) is 2. The Kier molecular flexibility index (Phi) is 4.95. The largest absolute Gasteiger partial charge is 0.417 e. The lowest BCUT2D eigenvalue weighted by atomic mass is 10.0. The first-order valence-electron chi connectivity index (χ1n) is 5.75. The summed E-state index contributed by atoms with van der Waals surface area (Å²) < 4.78 is 37.0. The molecule has 1 aromatic heterocycles. The molecule has 0 radical (unpaired) electrons. The van der Waals surface area contributed by atoms with E-state index in [1.807, 2.05) is 13.8 Å². The van der Waals surface area contributed by atoms with Crippen molar-refractivity contribution in [2.45, 2.75) is 32.5 Å². The van der Waals surface area contributed by atoms with E-state index in [0.29, 0.717) is 12.2 Å². The van der Waals surface area contributed by atoms with Crippen molar-refractivity contribution in [3.05, 3.63) is 23.9 Å². The molecular formula is C12H17F3N2O. The molecule has 6 heteroatoms. The third-order valence-electron chi connectivity index (χ3n) is 2.67. The Balaban J connectivity index is 2.73. The molecule has 1 heterocycles. The Hall–Kier alpha value is -1.30. The number of pyridine rings is 1. The summed E-state index contributed by atoms with van der Waals surface area (Å²) in [5, 5.41) is 11.9. The van der Waals surface area contributed by atoms with E-state index < -0.39 is 11.7 Å². The molecule has 0 spiro atoms. The molecule has 0 aliphatic carbocycles. The quantitative estimate of drug-likeness (QED) is 0.857. The highest BCUT2D eigenvalue weighted by atomic mass is 19.4. The van der Waals surface area contributed by atoms with Crippen LogP contribution < -0.4 is 5.32 Å². The van der Waals surface area contributed by atoms with E-state index in [9.17, 15) is 13.2 Å². The van der Waals surface area contributed by atoms with Crippen LogP contribution in [0.2, 0.25) is 0 Å². The van der Waals surface area contributed by atoms with E-state index in [2.05, 4.69) is 10.3 Å². The van der Waals surface area contributed by atoms with Gasteiger partial charge in [-0.2, -0.15) is 13.2 Å². The van der Waals surface area contributed by atoms with E-state index in [4.69, 9.17) is 5.11 Å². The number of nitrogens with zero attached hydrogens (tertiary/aromatic N) is 1. The number of anilines is 1. The molecule has 1 aromatic rings. The Morgan fingerprint density at radius 1 is 1.33 bits per heavy atom. The molecule has 0 saturated heterocycles. The number of nitrogens with one attached hydrogen (secondary N) is 1. The summed E-state index contributed by atoms with van der Waals surface area (Å²) in [6.07, 6.45) is -3.03. The van der Waals surface area contributed by atoms with Crippen LogP contribution in [0.25, 0.3) is 0 Å². The van der Waals surface area contributed by atoms with Crippen molar-refractivity contribution >= 4 is 5.82 Å². The Labute approximate surface area is 104 Å². The van der Waals surface area contributed by atoms with Gasteiger partial charge in [-0.1, -0.05) is 13.8 Å². The summed E-state index contributed by atoms with van der Waals surface area (Å²) in [5.41, 5.74) is -0.767. The fourth-order valence-electron chi connectivity index (χ4n) is 1.55. The van der Waals surface area contributed by atoms with Gasteiger partial charge in [-0.15, -0.1) is 0 Å². The minimum Gasteiger partial charge on any atom is -0.396 e. The molecule has 102 valence electrons. The number of rotatable bonds is 5. The van der Waals surface area contributed by atoms with Gasteiger partial charge >= 0.3 is 6.18 Å². The van der Waals surface area contributed by atoms with Crippen LogP contribution in [0.1, 0.15) is 25.8 Å². The van der Waals surface area contributed by atoms with Gasteiger partial charge in [0.05, 0.1) is 5.56 Å². The van der Waals surface area contributed by atoms with Crippen molar-refractivity contribution in [3.8, 4) is 0 Å². The average molecular weight is 262 g/mol. The smallest absolute Gasteiger partial charge is 0.396 e. The second-order valence-corrected chi connectivity index (χ2v) is 4.44.